The van der Waals surface area contributed by atoms with Crippen molar-refractivity contribution in [1.82, 2.24) is 5.32 Å². The molecule has 0 saturated carbocycles. The molecule has 2 aromatic carbocycles. The average Bonchev–Trinajstić information content (AvgIpc) is 2.56. The van der Waals surface area contributed by atoms with Crippen LogP contribution in [0, 0.1) is 6.92 Å². The van der Waals surface area contributed by atoms with Gasteiger partial charge < -0.3 is 15.8 Å². The van der Waals surface area contributed by atoms with Crippen molar-refractivity contribution in [2.75, 3.05) is 18.9 Å². The first-order valence-electron chi connectivity index (χ1n) is 8.04. The molecular weight excluding hydrogens is 359 g/mol. The molecule has 0 bridgehead atoms. The monoisotopic (exact) mass is 382 g/mol. The predicted molar refractivity (Wildman–Crippen MR) is 106 cm³/mol. The fourth-order valence-corrected chi connectivity index (χ4v) is 2.37. The van der Waals surface area contributed by atoms with Crippen LogP contribution in [0.3, 0.4) is 0 Å². The molecule has 0 aliphatic heterocycles. The number of nitrogens with one attached hydrogen (secondary N) is 1. The van der Waals surface area contributed by atoms with Crippen molar-refractivity contribution >= 4 is 35.6 Å². The summed E-state index contributed by atoms with van der Waals surface area (Å²) in [6, 6.07) is 13.2. The first-order valence-corrected chi connectivity index (χ1v) is 8.42. The van der Waals surface area contributed by atoms with Crippen LogP contribution in [-0.4, -0.2) is 19.1 Å². The molecule has 0 aromatic heterocycles. The Balaban J connectivity index is 0.00000312. The Morgan fingerprint density at radius 2 is 1.92 bits per heavy atom. The van der Waals surface area contributed by atoms with E-state index in [0.717, 1.165) is 34.0 Å². The van der Waals surface area contributed by atoms with Gasteiger partial charge in [0.2, 0.25) is 5.91 Å². The van der Waals surface area contributed by atoms with Gasteiger partial charge >= 0.3 is 0 Å². The molecule has 0 unspecified atom stereocenters. The van der Waals surface area contributed by atoms with E-state index in [0.29, 0.717) is 26.0 Å². The first kappa shape index (κ1) is 21.1. The molecule has 0 aliphatic carbocycles. The van der Waals surface area contributed by atoms with Gasteiger partial charge in [0.1, 0.15) is 5.75 Å². The predicted octanol–water partition coefficient (Wildman–Crippen LogP) is 4.17. The van der Waals surface area contributed by atoms with Crippen LogP contribution in [0.5, 0.6) is 5.75 Å². The van der Waals surface area contributed by atoms with Crippen LogP contribution in [-0.2, 0) is 11.2 Å². The maximum atomic E-state index is 11.8. The molecule has 2 rings (SSSR count). The Morgan fingerprint density at radius 1 is 1.20 bits per heavy atom. The number of ether oxygens (including phenoxy) is 1. The molecule has 6 heteroatoms. The summed E-state index contributed by atoms with van der Waals surface area (Å²) in [5.74, 6) is 0.821. The minimum Gasteiger partial charge on any atom is -0.494 e. The van der Waals surface area contributed by atoms with Crippen molar-refractivity contribution in [1.29, 1.82) is 0 Å². The first-order chi connectivity index (χ1) is 11.5. The SMILES string of the molecule is Cc1cc(OCCCC(=O)NCCc2ccc(N)cc2)ccc1Cl.Cl. The van der Waals surface area contributed by atoms with E-state index in [2.05, 4.69) is 5.32 Å². The second-order valence-corrected chi connectivity index (χ2v) is 6.11. The lowest BCUT2D eigenvalue weighted by Gasteiger charge is -2.08. The molecular formula is C19H24Cl2N2O2. The third-order valence-electron chi connectivity index (χ3n) is 3.66. The highest BCUT2D eigenvalue weighted by molar-refractivity contribution is 6.31. The fraction of sp³-hybridized carbons (Fsp3) is 0.316. The van der Waals surface area contributed by atoms with Crippen molar-refractivity contribution in [3.63, 3.8) is 0 Å². The van der Waals surface area contributed by atoms with Crippen molar-refractivity contribution in [2.45, 2.75) is 26.2 Å². The lowest BCUT2D eigenvalue weighted by Crippen LogP contribution is -2.25. The van der Waals surface area contributed by atoms with Gasteiger partial charge in [0.25, 0.3) is 0 Å². The van der Waals surface area contributed by atoms with Gasteiger partial charge in [0.15, 0.2) is 0 Å². The lowest BCUT2D eigenvalue weighted by molar-refractivity contribution is -0.121. The van der Waals surface area contributed by atoms with E-state index < -0.39 is 0 Å². The molecule has 1 amide bonds. The molecule has 4 nitrogen and oxygen atoms in total. The molecule has 0 radical (unpaired) electrons. The molecule has 0 spiro atoms. The van der Waals surface area contributed by atoms with Gasteiger partial charge in [-0.15, -0.1) is 12.4 Å². The van der Waals surface area contributed by atoms with Gasteiger partial charge in [-0.05, 0) is 61.2 Å². The number of aryl methyl sites for hydroxylation is 1. The van der Waals surface area contributed by atoms with Crippen LogP contribution >= 0.6 is 24.0 Å². The van der Waals surface area contributed by atoms with E-state index in [1.165, 1.54) is 0 Å². The normalized spacial score (nSPS) is 10.0. The standard InChI is InChI=1S/C19H23ClN2O2.ClH/c1-14-13-17(8-9-18(14)20)24-12-2-3-19(23)22-11-10-15-4-6-16(21)7-5-15;/h4-9,13H,2-3,10-12,21H2,1H3,(H,22,23);1H. The van der Waals surface area contributed by atoms with Crippen LogP contribution in [0.4, 0.5) is 5.69 Å². The number of hydrogen-bond donors (Lipinski definition) is 2. The number of carbonyl (C=O) groups is 1. The van der Waals surface area contributed by atoms with Crippen LogP contribution in [0.15, 0.2) is 42.5 Å². The van der Waals surface area contributed by atoms with E-state index in [4.69, 9.17) is 22.1 Å². The van der Waals surface area contributed by atoms with E-state index in [9.17, 15) is 4.79 Å². The van der Waals surface area contributed by atoms with E-state index >= 15 is 0 Å². The molecule has 136 valence electrons. The average molecular weight is 383 g/mol. The van der Waals surface area contributed by atoms with Crippen LogP contribution in [0.1, 0.15) is 24.0 Å². The molecule has 25 heavy (non-hydrogen) atoms. The highest BCUT2D eigenvalue weighted by Crippen LogP contribution is 2.21. The van der Waals surface area contributed by atoms with E-state index in [1.807, 2.05) is 49.4 Å². The van der Waals surface area contributed by atoms with Crippen molar-refractivity contribution in [2.24, 2.45) is 0 Å². The van der Waals surface area contributed by atoms with Crippen molar-refractivity contribution in [3.05, 3.63) is 58.6 Å². The Labute approximate surface area is 160 Å². The summed E-state index contributed by atoms with van der Waals surface area (Å²) in [4.78, 5) is 11.8. The van der Waals surface area contributed by atoms with E-state index in [1.54, 1.807) is 0 Å². The summed E-state index contributed by atoms with van der Waals surface area (Å²) in [7, 11) is 0. The topological polar surface area (TPSA) is 64.3 Å². The van der Waals surface area contributed by atoms with Gasteiger partial charge in [0.05, 0.1) is 6.61 Å². The van der Waals surface area contributed by atoms with Crippen molar-refractivity contribution < 1.29 is 9.53 Å². The molecule has 0 atom stereocenters. The van der Waals surface area contributed by atoms with Gasteiger partial charge in [-0.3, -0.25) is 4.79 Å². The number of rotatable bonds is 8. The quantitative estimate of drug-likeness (QED) is 0.531. The maximum Gasteiger partial charge on any atom is 0.220 e. The maximum absolute atomic E-state index is 11.8. The number of hydrogen-bond acceptors (Lipinski definition) is 3. The summed E-state index contributed by atoms with van der Waals surface area (Å²) in [6.07, 6.45) is 1.93. The second-order valence-electron chi connectivity index (χ2n) is 5.70. The number of nitrogen functional groups attached to an aromatic ring is 1. The van der Waals surface area contributed by atoms with Gasteiger partial charge in [-0.1, -0.05) is 23.7 Å². The van der Waals surface area contributed by atoms with Gasteiger partial charge in [0, 0.05) is 23.7 Å². The molecule has 0 saturated heterocycles. The third-order valence-corrected chi connectivity index (χ3v) is 4.09. The number of amides is 1. The Hall–Kier alpha value is -1.91. The fourth-order valence-electron chi connectivity index (χ4n) is 2.25. The Bertz CT molecular complexity index is 676. The molecule has 0 fully saturated rings. The minimum absolute atomic E-state index is 0. The van der Waals surface area contributed by atoms with E-state index in [-0.39, 0.29) is 18.3 Å². The van der Waals surface area contributed by atoms with Crippen LogP contribution in [0.25, 0.3) is 0 Å². The Morgan fingerprint density at radius 3 is 2.60 bits per heavy atom. The Kier molecular flexibility index (Phi) is 9.17. The van der Waals surface area contributed by atoms with Crippen LogP contribution < -0.4 is 15.8 Å². The number of benzene rings is 2. The zero-order valence-electron chi connectivity index (χ0n) is 14.3. The molecule has 3 N–H and O–H groups in total. The third kappa shape index (κ3) is 7.67. The second kappa shape index (κ2) is 10.9. The van der Waals surface area contributed by atoms with Crippen molar-refractivity contribution in [3.8, 4) is 5.75 Å². The number of carbonyl (C=O) groups excluding carboxylic acids is 1. The molecule has 0 heterocycles. The highest BCUT2D eigenvalue weighted by Gasteiger charge is 2.03. The summed E-state index contributed by atoms with van der Waals surface area (Å²) >= 11 is 5.97. The molecule has 2 aromatic rings. The summed E-state index contributed by atoms with van der Waals surface area (Å²) < 4.78 is 5.63. The summed E-state index contributed by atoms with van der Waals surface area (Å²) in [6.45, 7) is 3.07. The smallest absolute Gasteiger partial charge is 0.220 e. The number of nitrogens with two attached hydrogens (primary N) is 1. The summed E-state index contributed by atoms with van der Waals surface area (Å²) in [5, 5.41) is 3.64. The van der Waals surface area contributed by atoms with Gasteiger partial charge in [-0.25, -0.2) is 0 Å². The minimum atomic E-state index is 0. The summed E-state index contributed by atoms with van der Waals surface area (Å²) in [5.41, 5.74) is 8.53. The largest absolute Gasteiger partial charge is 0.494 e. The van der Waals surface area contributed by atoms with Crippen LogP contribution in [0.2, 0.25) is 5.02 Å². The zero-order valence-corrected chi connectivity index (χ0v) is 15.8. The highest BCUT2D eigenvalue weighted by atomic mass is 35.5. The number of halogens is 2. The van der Waals surface area contributed by atoms with Gasteiger partial charge in [-0.2, -0.15) is 0 Å². The molecule has 0 aliphatic rings. The lowest BCUT2D eigenvalue weighted by atomic mass is 10.1. The zero-order chi connectivity index (χ0) is 17.4. The number of anilines is 1.